The fourth-order valence-corrected chi connectivity index (χ4v) is 4.27. The summed E-state index contributed by atoms with van der Waals surface area (Å²) in [6, 6.07) is 0. The monoisotopic (exact) mass is 478 g/mol. The first-order valence-electron chi connectivity index (χ1n) is 9.89. The summed E-state index contributed by atoms with van der Waals surface area (Å²) in [5.41, 5.74) is 0.304. The minimum Gasteiger partial charge on any atom is -0.381 e. The minimum atomic E-state index is 0. The quantitative estimate of drug-likeness (QED) is 0.383. The van der Waals surface area contributed by atoms with E-state index in [0.29, 0.717) is 5.41 Å². The molecular weight excluding hydrogens is 443 g/mol. The molecule has 26 heavy (non-hydrogen) atoms. The zero-order valence-electron chi connectivity index (χ0n) is 16.3. The molecule has 0 bridgehead atoms. The normalized spacial score (nSPS) is 26.8. The molecule has 2 aliphatic heterocycles. The van der Waals surface area contributed by atoms with Crippen LogP contribution in [0.1, 0.15) is 44.9 Å². The maximum atomic E-state index is 12.0. The number of amides is 1. The zero-order valence-corrected chi connectivity index (χ0v) is 18.7. The maximum Gasteiger partial charge on any atom is 0.243 e. The van der Waals surface area contributed by atoms with Gasteiger partial charge in [0, 0.05) is 45.8 Å². The minimum absolute atomic E-state index is 0. The zero-order chi connectivity index (χ0) is 17.7. The summed E-state index contributed by atoms with van der Waals surface area (Å²) >= 11 is 0. The van der Waals surface area contributed by atoms with E-state index in [1.165, 1.54) is 38.5 Å². The van der Waals surface area contributed by atoms with Crippen LogP contribution in [0.2, 0.25) is 0 Å². The first kappa shape index (κ1) is 21.7. The van der Waals surface area contributed by atoms with Crippen LogP contribution in [0.25, 0.3) is 0 Å². The van der Waals surface area contributed by atoms with Crippen molar-refractivity contribution in [2.75, 3.05) is 53.5 Å². The highest BCUT2D eigenvalue weighted by molar-refractivity contribution is 14.0. The number of likely N-dealkylation sites (tertiary alicyclic amines) is 1. The number of likely N-dealkylation sites (N-methyl/N-ethyl adjacent to an activating group) is 1. The second-order valence-corrected chi connectivity index (χ2v) is 8.29. The van der Waals surface area contributed by atoms with E-state index in [1.54, 1.807) is 19.0 Å². The molecule has 1 saturated carbocycles. The summed E-state index contributed by atoms with van der Waals surface area (Å²) in [7, 11) is 3.57. The van der Waals surface area contributed by atoms with Crippen molar-refractivity contribution >= 4 is 35.8 Å². The number of hydrogen-bond acceptors (Lipinski definition) is 3. The third-order valence-corrected chi connectivity index (χ3v) is 6.06. The van der Waals surface area contributed by atoms with Crippen LogP contribution in [0.15, 0.2) is 4.99 Å². The molecule has 1 atom stereocenters. The van der Waals surface area contributed by atoms with Crippen LogP contribution in [0.3, 0.4) is 0 Å². The molecule has 0 aromatic carbocycles. The Morgan fingerprint density at radius 3 is 2.69 bits per heavy atom. The van der Waals surface area contributed by atoms with E-state index >= 15 is 0 Å². The number of carbonyl (C=O) groups is 1. The predicted octanol–water partition coefficient (Wildman–Crippen LogP) is 2.33. The Labute approximate surface area is 175 Å². The summed E-state index contributed by atoms with van der Waals surface area (Å²) in [4.78, 5) is 20.6. The first-order chi connectivity index (χ1) is 12.1. The first-order valence-corrected chi connectivity index (χ1v) is 9.89. The van der Waals surface area contributed by atoms with Gasteiger partial charge in [0.1, 0.15) is 6.54 Å². The highest BCUT2D eigenvalue weighted by Crippen LogP contribution is 2.38. The molecule has 7 heteroatoms. The van der Waals surface area contributed by atoms with Crippen molar-refractivity contribution in [2.24, 2.45) is 16.3 Å². The van der Waals surface area contributed by atoms with Crippen molar-refractivity contribution in [1.82, 2.24) is 15.1 Å². The molecule has 2 saturated heterocycles. The second-order valence-electron chi connectivity index (χ2n) is 8.29. The molecular formula is C19H35IN4O2. The molecule has 1 amide bonds. The Morgan fingerprint density at radius 2 is 2.04 bits per heavy atom. The lowest BCUT2D eigenvalue weighted by Gasteiger charge is -2.28. The molecule has 2 heterocycles. The Morgan fingerprint density at radius 1 is 1.27 bits per heavy atom. The van der Waals surface area contributed by atoms with Gasteiger partial charge in [0.15, 0.2) is 5.96 Å². The number of carbonyl (C=O) groups excluding carboxylic acids is 1. The summed E-state index contributed by atoms with van der Waals surface area (Å²) in [6.07, 6.45) is 9.02. The molecule has 1 unspecified atom stereocenters. The van der Waals surface area contributed by atoms with E-state index < -0.39 is 0 Å². The molecule has 3 rings (SSSR count). The number of guanidine groups is 1. The molecule has 0 aromatic rings. The highest BCUT2D eigenvalue weighted by atomic mass is 127. The summed E-state index contributed by atoms with van der Waals surface area (Å²) < 4.78 is 5.65. The summed E-state index contributed by atoms with van der Waals surface area (Å²) in [6.45, 7) is 4.97. The Kier molecular flexibility index (Phi) is 8.44. The lowest BCUT2D eigenvalue weighted by Crippen LogP contribution is -2.44. The van der Waals surface area contributed by atoms with Crippen LogP contribution in [-0.4, -0.2) is 75.2 Å². The third-order valence-electron chi connectivity index (χ3n) is 6.06. The Balaban J connectivity index is 0.00000243. The summed E-state index contributed by atoms with van der Waals surface area (Å²) in [5.74, 6) is 1.72. The fourth-order valence-electron chi connectivity index (χ4n) is 4.27. The van der Waals surface area contributed by atoms with Crippen molar-refractivity contribution in [2.45, 2.75) is 44.9 Å². The van der Waals surface area contributed by atoms with Crippen LogP contribution in [0, 0.1) is 11.3 Å². The Bertz CT molecular complexity index is 486. The topological polar surface area (TPSA) is 57.2 Å². The van der Waals surface area contributed by atoms with E-state index in [4.69, 9.17) is 4.74 Å². The van der Waals surface area contributed by atoms with Gasteiger partial charge < -0.3 is 19.9 Å². The molecule has 0 radical (unpaired) electrons. The van der Waals surface area contributed by atoms with E-state index in [0.717, 1.165) is 51.1 Å². The largest absolute Gasteiger partial charge is 0.381 e. The molecule has 1 spiro atoms. The fraction of sp³-hybridized carbons (Fsp3) is 0.895. The maximum absolute atomic E-state index is 12.0. The standard InChI is InChI=1S/C19H34N4O2.HI/c1-22(2)17(24)13-21-18(20-12-16-6-4-3-5-7-16)23-10-8-19(14-23)9-11-25-15-19;/h16H,3-15H2,1-2H3,(H,20,21);1H. The SMILES string of the molecule is CN(C)C(=O)CN=C(NCC1CCCCC1)N1CCC2(CCOC2)C1.I. The van der Waals surface area contributed by atoms with E-state index in [9.17, 15) is 4.79 Å². The number of nitrogens with zero attached hydrogens (tertiary/aromatic N) is 3. The van der Waals surface area contributed by atoms with Crippen molar-refractivity contribution in [1.29, 1.82) is 0 Å². The lowest BCUT2D eigenvalue weighted by atomic mass is 9.87. The molecule has 3 aliphatic rings. The molecule has 0 aromatic heterocycles. The number of rotatable bonds is 4. The van der Waals surface area contributed by atoms with Gasteiger partial charge in [-0.15, -0.1) is 24.0 Å². The van der Waals surface area contributed by atoms with Gasteiger partial charge in [-0.1, -0.05) is 19.3 Å². The van der Waals surface area contributed by atoms with E-state index in [2.05, 4.69) is 15.2 Å². The van der Waals surface area contributed by atoms with Gasteiger partial charge in [0.2, 0.25) is 5.91 Å². The van der Waals surface area contributed by atoms with Crippen molar-refractivity contribution in [3.8, 4) is 0 Å². The highest BCUT2D eigenvalue weighted by Gasteiger charge is 2.42. The van der Waals surface area contributed by atoms with Gasteiger partial charge >= 0.3 is 0 Å². The van der Waals surface area contributed by atoms with Gasteiger partial charge in [-0.25, -0.2) is 4.99 Å². The van der Waals surface area contributed by atoms with Crippen LogP contribution in [0.5, 0.6) is 0 Å². The number of halogens is 1. The number of aliphatic imine (C=N–C) groups is 1. The van der Waals surface area contributed by atoms with Crippen molar-refractivity contribution < 1.29 is 9.53 Å². The molecule has 1 aliphatic carbocycles. The van der Waals surface area contributed by atoms with E-state index in [-0.39, 0.29) is 36.4 Å². The molecule has 3 fully saturated rings. The van der Waals surface area contributed by atoms with Gasteiger partial charge in [-0.05, 0) is 31.6 Å². The average Bonchev–Trinajstić information content (AvgIpc) is 3.25. The van der Waals surface area contributed by atoms with Crippen LogP contribution >= 0.6 is 24.0 Å². The summed E-state index contributed by atoms with van der Waals surface area (Å²) in [5, 5.41) is 3.60. The third kappa shape index (κ3) is 5.71. The van der Waals surface area contributed by atoms with Crippen molar-refractivity contribution in [3.63, 3.8) is 0 Å². The van der Waals surface area contributed by atoms with Crippen LogP contribution < -0.4 is 5.32 Å². The smallest absolute Gasteiger partial charge is 0.243 e. The van der Waals surface area contributed by atoms with Gasteiger partial charge in [0.25, 0.3) is 0 Å². The average molecular weight is 478 g/mol. The second kappa shape index (κ2) is 10.1. The molecule has 150 valence electrons. The number of nitrogens with one attached hydrogen (secondary N) is 1. The molecule has 6 nitrogen and oxygen atoms in total. The lowest BCUT2D eigenvalue weighted by molar-refractivity contribution is -0.127. The van der Waals surface area contributed by atoms with Gasteiger partial charge in [-0.3, -0.25) is 4.79 Å². The van der Waals surface area contributed by atoms with E-state index in [1.807, 2.05) is 0 Å². The van der Waals surface area contributed by atoms with Crippen molar-refractivity contribution in [3.05, 3.63) is 0 Å². The van der Waals surface area contributed by atoms with Gasteiger partial charge in [-0.2, -0.15) is 0 Å². The number of ether oxygens (including phenoxy) is 1. The predicted molar refractivity (Wildman–Crippen MR) is 115 cm³/mol. The van der Waals surface area contributed by atoms with Crippen LogP contribution in [-0.2, 0) is 9.53 Å². The Hall–Kier alpha value is -0.570. The number of hydrogen-bond donors (Lipinski definition) is 1. The van der Waals surface area contributed by atoms with Gasteiger partial charge in [0.05, 0.1) is 6.61 Å². The van der Waals surface area contributed by atoms with Crippen LogP contribution in [0.4, 0.5) is 0 Å². The molecule has 1 N–H and O–H groups in total.